The summed E-state index contributed by atoms with van der Waals surface area (Å²) < 4.78 is 0. The van der Waals surface area contributed by atoms with Gasteiger partial charge in [0.25, 0.3) is 0 Å². The second-order valence-corrected chi connectivity index (χ2v) is 7.33. The van der Waals surface area contributed by atoms with Gasteiger partial charge in [-0.15, -0.1) is 0 Å². The second kappa shape index (κ2) is 7.57. The molecule has 1 amide bonds. The van der Waals surface area contributed by atoms with Gasteiger partial charge in [0.2, 0.25) is 5.91 Å². The van der Waals surface area contributed by atoms with Crippen molar-refractivity contribution in [3.63, 3.8) is 0 Å². The van der Waals surface area contributed by atoms with Gasteiger partial charge in [0.1, 0.15) is 0 Å². The van der Waals surface area contributed by atoms with Gasteiger partial charge in [-0.3, -0.25) is 4.79 Å². The molecule has 2 unspecified atom stereocenters. The third-order valence-electron chi connectivity index (χ3n) is 5.61. The molecule has 0 saturated heterocycles. The quantitative estimate of drug-likeness (QED) is 0.615. The molecule has 0 bridgehead atoms. The highest BCUT2D eigenvalue weighted by Gasteiger charge is 2.42. The summed E-state index contributed by atoms with van der Waals surface area (Å²) in [4.78, 5) is 13.4. The molecule has 0 spiro atoms. The van der Waals surface area contributed by atoms with Crippen LogP contribution >= 0.6 is 12.2 Å². The maximum absolute atomic E-state index is 13.0. The van der Waals surface area contributed by atoms with Crippen LogP contribution in [-0.4, -0.2) is 16.9 Å². The molecule has 3 nitrogen and oxygen atoms in total. The Balaban J connectivity index is 2.09. The summed E-state index contributed by atoms with van der Waals surface area (Å²) in [7, 11) is 0. The van der Waals surface area contributed by atoms with Crippen LogP contribution in [0.25, 0.3) is 0 Å². The molecule has 2 atom stereocenters. The largest absolute Gasteiger partial charge is 0.392 e. The average molecular weight is 311 g/mol. The lowest BCUT2D eigenvalue weighted by Gasteiger charge is -2.36. The first kappa shape index (κ1) is 16.7. The van der Waals surface area contributed by atoms with Crippen molar-refractivity contribution in [3.8, 4) is 0 Å². The Morgan fingerprint density at radius 3 is 2.33 bits per heavy atom. The zero-order valence-corrected chi connectivity index (χ0v) is 14.1. The van der Waals surface area contributed by atoms with Crippen LogP contribution in [0.5, 0.6) is 0 Å². The van der Waals surface area contributed by atoms with Gasteiger partial charge in [0.15, 0.2) is 0 Å². The Morgan fingerprint density at radius 2 is 1.76 bits per heavy atom. The van der Waals surface area contributed by atoms with Crippen LogP contribution in [0, 0.1) is 11.3 Å². The minimum Gasteiger partial charge on any atom is -0.392 e. The van der Waals surface area contributed by atoms with Crippen molar-refractivity contribution in [2.75, 3.05) is 0 Å². The summed E-state index contributed by atoms with van der Waals surface area (Å²) in [5.74, 6) is 0.735. The van der Waals surface area contributed by atoms with Crippen molar-refractivity contribution < 1.29 is 4.79 Å². The first-order valence-corrected chi connectivity index (χ1v) is 9.12. The molecule has 120 valence electrons. The molecule has 2 fully saturated rings. The highest BCUT2D eigenvalue weighted by molar-refractivity contribution is 7.80. The minimum absolute atomic E-state index is 0.113. The number of nitrogens with one attached hydrogen (secondary N) is 1. The SMILES string of the molecule is CCC1CCCCC1NC(=O)C1(C(N)=S)CCCCCC1. The Labute approximate surface area is 134 Å². The fraction of sp³-hybridized carbons (Fsp3) is 0.882. The summed E-state index contributed by atoms with van der Waals surface area (Å²) in [6.45, 7) is 2.23. The number of rotatable bonds is 4. The van der Waals surface area contributed by atoms with Crippen molar-refractivity contribution in [2.45, 2.75) is 83.6 Å². The topological polar surface area (TPSA) is 55.1 Å². The minimum atomic E-state index is -0.582. The van der Waals surface area contributed by atoms with Crippen LogP contribution in [0.3, 0.4) is 0 Å². The van der Waals surface area contributed by atoms with Gasteiger partial charge in [-0.1, -0.05) is 64.1 Å². The molecular formula is C17H30N2OS. The molecule has 0 aliphatic heterocycles. The first-order chi connectivity index (χ1) is 10.1. The predicted octanol–water partition coefficient (Wildman–Crippen LogP) is 3.70. The van der Waals surface area contributed by atoms with Crippen molar-refractivity contribution in [1.29, 1.82) is 0 Å². The third kappa shape index (κ3) is 3.77. The first-order valence-electron chi connectivity index (χ1n) is 8.71. The van der Waals surface area contributed by atoms with E-state index in [1.807, 2.05) is 0 Å². The van der Waals surface area contributed by atoms with E-state index in [0.29, 0.717) is 16.9 Å². The summed E-state index contributed by atoms with van der Waals surface area (Å²) in [6.07, 6.45) is 12.2. The number of carbonyl (C=O) groups is 1. The molecule has 21 heavy (non-hydrogen) atoms. The zero-order valence-electron chi connectivity index (χ0n) is 13.3. The van der Waals surface area contributed by atoms with Crippen LogP contribution in [0.1, 0.15) is 77.6 Å². The molecule has 0 radical (unpaired) electrons. The number of thiocarbonyl (C=S) groups is 1. The van der Waals surface area contributed by atoms with Crippen LogP contribution in [0.15, 0.2) is 0 Å². The third-order valence-corrected chi connectivity index (χ3v) is 6.00. The van der Waals surface area contributed by atoms with Crippen LogP contribution in [0.4, 0.5) is 0 Å². The molecular weight excluding hydrogens is 280 g/mol. The van der Waals surface area contributed by atoms with Gasteiger partial charge >= 0.3 is 0 Å². The Morgan fingerprint density at radius 1 is 1.14 bits per heavy atom. The molecule has 0 aromatic rings. The van der Waals surface area contributed by atoms with Gasteiger partial charge in [-0.25, -0.2) is 0 Å². The molecule has 2 aliphatic rings. The molecule has 2 aliphatic carbocycles. The molecule has 3 N–H and O–H groups in total. The van der Waals surface area contributed by atoms with Crippen molar-refractivity contribution in [2.24, 2.45) is 17.1 Å². The number of hydrogen-bond donors (Lipinski definition) is 2. The second-order valence-electron chi connectivity index (χ2n) is 6.89. The zero-order chi connectivity index (χ0) is 15.3. The highest BCUT2D eigenvalue weighted by atomic mass is 32.1. The van der Waals surface area contributed by atoms with E-state index in [0.717, 1.165) is 38.5 Å². The van der Waals surface area contributed by atoms with E-state index >= 15 is 0 Å². The standard InChI is InChI=1S/C17H30N2OS/c1-2-13-9-5-6-10-14(13)19-16(20)17(15(18)21)11-7-3-4-8-12-17/h13-14H,2-12H2,1H3,(H2,18,21)(H,19,20). The fourth-order valence-electron chi connectivity index (χ4n) is 4.11. The maximum atomic E-state index is 13.0. The van der Waals surface area contributed by atoms with Gasteiger partial charge in [-0.2, -0.15) is 0 Å². The Hall–Kier alpha value is -0.640. The van der Waals surface area contributed by atoms with E-state index in [9.17, 15) is 4.79 Å². The lowest BCUT2D eigenvalue weighted by Crippen LogP contribution is -2.53. The fourth-order valence-corrected chi connectivity index (χ4v) is 4.41. The van der Waals surface area contributed by atoms with E-state index in [1.54, 1.807) is 0 Å². The Kier molecular flexibility index (Phi) is 6.03. The summed E-state index contributed by atoms with van der Waals surface area (Å²) >= 11 is 5.31. The van der Waals surface area contributed by atoms with Crippen molar-refractivity contribution >= 4 is 23.1 Å². The van der Waals surface area contributed by atoms with Crippen LogP contribution < -0.4 is 11.1 Å². The smallest absolute Gasteiger partial charge is 0.233 e. The Bertz CT molecular complexity index is 375. The number of carbonyl (C=O) groups excluding carboxylic acids is 1. The predicted molar refractivity (Wildman–Crippen MR) is 91.1 cm³/mol. The molecule has 0 aromatic heterocycles. The molecule has 0 aromatic carbocycles. The lowest BCUT2D eigenvalue weighted by atomic mass is 9.77. The number of nitrogens with two attached hydrogens (primary N) is 1. The molecule has 2 rings (SSSR count). The van der Waals surface area contributed by atoms with Gasteiger partial charge in [-0.05, 0) is 31.6 Å². The molecule has 2 saturated carbocycles. The van der Waals surface area contributed by atoms with E-state index < -0.39 is 5.41 Å². The van der Waals surface area contributed by atoms with E-state index in [1.165, 1.54) is 32.1 Å². The van der Waals surface area contributed by atoms with Crippen molar-refractivity contribution in [1.82, 2.24) is 5.32 Å². The molecule has 0 heterocycles. The highest BCUT2D eigenvalue weighted by Crippen LogP contribution is 2.37. The van der Waals surface area contributed by atoms with Gasteiger partial charge in [0, 0.05) is 6.04 Å². The van der Waals surface area contributed by atoms with Gasteiger partial charge in [0.05, 0.1) is 10.4 Å². The number of hydrogen-bond acceptors (Lipinski definition) is 2. The summed E-state index contributed by atoms with van der Waals surface area (Å²) in [5, 5.41) is 3.33. The van der Waals surface area contributed by atoms with E-state index in [-0.39, 0.29) is 5.91 Å². The van der Waals surface area contributed by atoms with Crippen LogP contribution in [0.2, 0.25) is 0 Å². The van der Waals surface area contributed by atoms with E-state index in [2.05, 4.69) is 12.2 Å². The lowest BCUT2D eigenvalue weighted by molar-refractivity contribution is -0.129. The van der Waals surface area contributed by atoms with Crippen molar-refractivity contribution in [3.05, 3.63) is 0 Å². The monoisotopic (exact) mass is 310 g/mol. The summed E-state index contributed by atoms with van der Waals surface area (Å²) in [5.41, 5.74) is 5.43. The maximum Gasteiger partial charge on any atom is 0.233 e. The summed E-state index contributed by atoms with van der Waals surface area (Å²) in [6, 6.07) is 0.325. The van der Waals surface area contributed by atoms with E-state index in [4.69, 9.17) is 18.0 Å². The van der Waals surface area contributed by atoms with Crippen LogP contribution in [-0.2, 0) is 4.79 Å². The normalized spacial score (nSPS) is 29.4. The molecule has 4 heteroatoms. The average Bonchev–Trinajstić information content (AvgIpc) is 2.74. The number of amides is 1. The van der Waals surface area contributed by atoms with Gasteiger partial charge < -0.3 is 11.1 Å².